The number of amides is 2. The Balaban J connectivity index is 1.48. The van der Waals surface area contributed by atoms with Crippen LogP contribution in [0.2, 0.25) is 0 Å². The number of fused-ring (bicyclic) bond motifs is 1. The zero-order chi connectivity index (χ0) is 19.9. The molecule has 0 radical (unpaired) electrons. The molecule has 0 bridgehead atoms. The molecule has 2 aromatic carbocycles. The molecule has 0 spiro atoms. The molecule has 146 valence electrons. The van der Waals surface area contributed by atoms with Crippen molar-refractivity contribution < 1.29 is 18.0 Å². The van der Waals surface area contributed by atoms with Crippen molar-refractivity contribution in [2.45, 2.75) is 19.8 Å². The van der Waals surface area contributed by atoms with E-state index in [9.17, 15) is 18.0 Å². The van der Waals surface area contributed by atoms with Crippen LogP contribution < -0.4 is 14.5 Å². The fraction of sp³-hybridized carbons (Fsp3) is 0.300. The Morgan fingerprint density at radius 2 is 1.79 bits per heavy atom. The Morgan fingerprint density at radius 1 is 1.04 bits per heavy atom. The Bertz CT molecular complexity index is 1050. The molecule has 28 heavy (non-hydrogen) atoms. The van der Waals surface area contributed by atoms with Gasteiger partial charge in [0, 0.05) is 37.0 Å². The molecule has 4 rings (SSSR count). The molecule has 2 aliphatic rings. The third kappa shape index (κ3) is 3.35. The molecule has 0 unspecified atom stereocenters. The van der Waals surface area contributed by atoms with Gasteiger partial charge in [-0.15, -0.1) is 0 Å². The van der Waals surface area contributed by atoms with Crippen LogP contribution in [0.15, 0.2) is 42.5 Å². The highest BCUT2D eigenvalue weighted by atomic mass is 32.2. The number of hydrogen-bond donors (Lipinski definition) is 1. The van der Waals surface area contributed by atoms with Gasteiger partial charge in [-0.05, 0) is 60.9 Å². The first-order valence-corrected chi connectivity index (χ1v) is 10.8. The summed E-state index contributed by atoms with van der Waals surface area (Å²) in [4.78, 5) is 25.9. The summed E-state index contributed by atoms with van der Waals surface area (Å²) in [7, 11) is -3.23. The molecule has 7 nitrogen and oxygen atoms in total. The summed E-state index contributed by atoms with van der Waals surface area (Å²) < 4.78 is 25.4. The summed E-state index contributed by atoms with van der Waals surface area (Å²) in [6.45, 7) is 2.67. The molecule has 2 amide bonds. The van der Waals surface area contributed by atoms with Gasteiger partial charge in [0.05, 0.1) is 11.4 Å². The third-order valence-electron chi connectivity index (χ3n) is 5.13. The Kier molecular flexibility index (Phi) is 4.58. The van der Waals surface area contributed by atoms with Crippen LogP contribution >= 0.6 is 0 Å². The maximum atomic E-state index is 12.5. The van der Waals surface area contributed by atoms with Crippen molar-refractivity contribution in [2.75, 3.05) is 33.4 Å². The number of benzene rings is 2. The van der Waals surface area contributed by atoms with Crippen LogP contribution in [0, 0.1) is 0 Å². The van der Waals surface area contributed by atoms with Gasteiger partial charge < -0.3 is 10.2 Å². The van der Waals surface area contributed by atoms with E-state index < -0.39 is 10.0 Å². The number of anilines is 3. The number of hydrogen-bond acceptors (Lipinski definition) is 4. The first-order chi connectivity index (χ1) is 13.3. The molecule has 0 aliphatic carbocycles. The smallest absolute Gasteiger partial charge is 0.255 e. The molecular weight excluding hydrogens is 378 g/mol. The van der Waals surface area contributed by atoms with Gasteiger partial charge in [0.25, 0.3) is 5.91 Å². The number of sulfonamides is 1. The van der Waals surface area contributed by atoms with E-state index in [2.05, 4.69) is 5.32 Å². The molecule has 1 N–H and O–H groups in total. The monoisotopic (exact) mass is 399 g/mol. The van der Waals surface area contributed by atoms with Crippen molar-refractivity contribution >= 4 is 38.9 Å². The average Bonchev–Trinajstić information content (AvgIpc) is 3.24. The molecule has 2 heterocycles. The molecule has 0 atom stereocenters. The van der Waals surface area contributed by atoms with Crippen molar-refractivity contribution in [3.63, 3.8) is 0 Å². The van der Waals surface area contributed by atoms with E-state index in [0.29, 0.717) is 36.4 Å². The number of nitrogens with one attached hydrogen (secondary N) is 1. The first kappa shape index (κ1) is 18.5. The lowest BCUT2D eigenvalue weighted by molar-refractivity contribution is -0.116. The van der Waals surface area contributed by atoms with E-state index in [4.69, 9.17) is 0 Å². The summed E-state index contributed by atoms with van der Waals surface area (Å²) in [6, 6.07) is 12.1. The van der Waals surface area contributed by atoms with Gasteiger partial charge in [-0.25, -0.2) is 8.42 Å². The van der Waals surface area contributed by atoms with Gasteiger partial charge in [0.2, 0.25) is 15.9 Å². The van der Waals surface area contributed by atoms with E-state index in [0.717, 1.165) is 17.7 Å². The predicted molar refractivity (Wildman–Crippen MR) is 108 cm³/mol. The van der Waals surface area contributed by atoms with Crippen LogP contribution in [0.1, 0.15) is 29.3 Å². The quantitative estimate of drug-likeness (QED) is 0.859. The Hall–Kier alpha value is -2.87. The van der Waals surface area contributed by atoms with Gasteiger partial charge in [0.15, 0.2) is 0 Å². The predicted octanol–water partition coefficient (Wildman–Crippen LogP) is 2.39. The molecular formula is C20H21N3O4S. The van der Waals surface area contributed by atoms with Crippen molar-refractivity contribution in [1.82, 2.24) is 0 Å². The summed E-state index contributed by atoms with van der Waals surface area (Å²) in [6.07, 6.45) is 1.38. The minimum atomic E-state index is -3.23. The number of carbonyl (C=O) groups excluding carboxylic acids is 2. The zero-order valence-corrected chi connectivity index (χ0v) is 16.3. The summed E-state index contributed by atoms with van der Waals surface area (Å²) >= 11 is 0. The summed E-state index contributed by atoms with van der Waals surface area (Å²) in [5.41, 5.74) is 3.62. The van der Waals surface area contributed by atoms with Crippen molar-refractivity contribution in [3.8, 4) is 0 Å². The van der Waals surface area contributed by atoms with Crippen LogP contribution in [-0.2, 0) is 21.2 Å². The molecule has 8 heteroatoms. The zero-order valence-electron chi connectivity index (χ0n) is 15.5. The highest BCUT2D eigenvalue weighted by Gasteiger charge is 2.28. The van der Waals surface area contributed by atoms with Gasteiger partial charge in [-0.2, -0.15) is 0 Å². The second-order valence-electron chi connectivity index (χ2n) is 7.01. The lowest BCUT2D eigenvalue weighted by Crippen LogP contribution is -2.25. The van der Waals surface area contributed by atoms with Gasteiger partial charge >= 0.3 is 0 Å². The second-order valence-corrected chi connectivity index (χ2v) is 9.02. The Labute approximate surface area is 164 Å². The number of nitrogens with zero attached hydrogens (tertiary/aromatic N) is 2. The summed E-state index contributed by atoms with van der Waals surface area (Å²) in [5, 5.41) is 2.86. The fourth-order valence-electron chi connectivity index (χ4n) is 3.72. The van der Waals surface area contributed by atoms with Crippen LogP contribution in [0.25, 0.3) is 0 Å². The minimum Gasteiger partial charge on any atom is -0.322 e. The number of rotatable bonds is 3. The van der Waals surface area contributed by atoms with Crippen molar-refractivity contribution in [2.24, 2.45) is 0 Å². The number of carbonyl (C=O) groups is 2. The van der Waals surface area contributed by atoms with Gasteiger partial charge in [0.1, 0.15) is 0 Å². The first-order valence-electron chi connectivity index (χ1n) is 9.18. The topological polar surface area (TPSA) is 86.8 Å². The normalized spacial score (nSPS) is 17.5. The minimum absolute atomic E-state index is 0.00985. The third-order valence-corrected chi connectivity index (χ3v) is 7.00. The van der Waals surface area contributed by atoms with Gasteiger partial charge in [-0.3, -0.25) is 13.9 Å². The molecule has 2 aliphatic heterocycles. The van der Waals surface area contributed by atoms with Crippen LogP contribution in [0.4, 0.5) is 17.1 Å². The molecule has 1 saturated heterocycles. The molecule has 1 fully saturated rings. The van der Waals surface area contributed by atoms with Crippen LogP contribution in [0.5, 0.6) is 0 Å². The van der Waals surface area contributed by atoms with E-state index in [1.165, 1.54) is 4.31 Å². The van der Waals surface area contributed by atoms with E-state index in [-0.39, 0.29) is 17.6 Å². The van der Waals surface area contributed by atoms with E-state index in [1.807, 2.05) is 12.1 Å². The van der Waals surface area contributed by atoms with E-state index >= 15 is 0 Å². The summed E-state index contributed by atoms with van der Waals surface area (Å²) in [5.74, 6) is -0.0953. The van der Waals surface area contributed by atoms with Crippen LogP contribution in [-0.4, -0.2) is 39.1 Å². The largest absolute Gasteiger partial charge is 0.322 e. The SMILES string of the molecule is CC(=O)N1CCc2cc(NC(=O)c3ccc(N4CCCS4(=O)=O)cc3)ccc21. The molecule has 2 aromatic rings. The van der Waals surface area contributed by atoms with Gasteiger partial charge in [-0.1, -0.05) is 0 Å². The average molecular weight is 399 g/mol. The van der Waals surface area contributed by atoms with Crippen molar-refractivity contribution in [3.05, 3.63) is 53.6 Å². The van der Waals surface area contributed by atoms with E-state index in [1.54, 1.807) is 42.2 Å². The lowest BCUT2D eigenvalue weighted by Gasteiger charge is -2.17. The standard InChI is InChI=1S/C20H21N3O4S/c1-14(24)22-11-9-16-13-17(5-8-19(16)22)21-20(25)15-3-6-18(7-4-15)23-10-2-12-28(23,26)27/h3-8,13H,2,9-12H2,1H3,(H,21,25). The Morgan fingerprint density at radius 3 is 2.43 bits per heavy atom. The second kappa shape index (κ2) is 6.94. The fourth-order valence-corrected chi connectivity index (χ4v) is 5.28. The maximum absolute atomic E-state index is 12.5. The highest BCUT2D eigenvalue weighted by molar-refractivity contribution is 7.93. The van der Waals surface area contributed by atoms with Crippen molar-refractivity contribution in [1.29, 1.82) is 0 Å². The molecule has 0 saturated carbocycles. The lowest BCUT2D eigenvalue weighted by atomic mass is 10.1. The highest BCUT2D eigenvalue weighted by Crippen LogP contribution is 2.31. The molecule has 0 aromatic heterocycles. The van der Waals surface area contributed by atoms with Crippen LogP contribution in [0.3, 0.4) is 0 Å². The maximum Gasteiger partial charge on any atom is 0.255 e.